The second-order valence-electron chi connectivity index (χ2n) is 3.13. The van der Waals surface area contributed by atoms with E-state index in [9.17, 15) is 4.39 Å². The van der Waals surface area contributed by atoms with Crippen molar-refractivity contribution < 1.29 is 4.39 Å². The molecule has 1 aliphatic carbocycles. The van der Waals surface area contributed by atoms with Gasteiger partial charge in [0, 0.05) is 0 Å². The monoisotopic (exact) mass is 149 g/mol. The molecule has 0 atom stereocenters. The van der Waals surface area contributed by atoms with Gasteiger partial charge in [-0.15, -0.1) is 0 Å². The molecule has 0 bridgehead atoms. The van der Waals surface area contributed by atoms with Gasteiger partial charge in [0.2, 0.25) is 0 Å². The van der Waals surface area contributed by atoms with Crippen molar-refractivity contribution in [2.75, 3.05) is 0 Å². The minimum atomic E-state index is -0.0833. The van der Waals surface area contributed by atoms with Gasteiger partial charge in [-0.1, -0.05) is 12.1 Å². The van der Waals surface area contributed by atoms with Gasteiger partial charge in [-0.3, -0.25) is 0 Å². The van der Waals surface area contributed by atoms with Crippen LogP contribution >= 0.6 is 0 Å². The highest BCUT2D eigenvalue weighted by Crippen LogP contribution is 2.41. The second kappa shape index (κ2) is 2.33. The molecule has 0 saturated heterocycles. The first-order chi connectivity index (χ1) is 5.27. The fourth-order valence-corrected chi connectivity index (χ4v) is 1.30. The Bertz CT molecular complexity index is 274. The molecule has 0 N–H and O–H groups in total. The van der Waals surface area contributed by atoms with E-state index in [1.807, 2.05) is 12.1 Å². The quantitative estimate of drug-likeness (QED) is 0.576. The minimum absolute atomic E-state index is 0.0833. The molecular weight excluding hydrogens is 139 g/mol. The van der Waals surface area contributed by atoms with Crippen LogP contribution in [0.2, 0.25) is 0 Å². The molecule has 0 aliphatic heterocycles. The topological polar surface area (TPSA) is 0 Å². The highest BCUT2D eigenvalue weighted by Gasteiger charge is 2.25. The molecule has 1 saturated carbocycles. The third-order valence-corrected chi connectivity index (χ3v) is 2.08. The van der Waals surface area contributed by atoms with E-state index >= 15 is 0 Å². The van der Waals surface area contributed by atoms with Gasteiger partial charge in [0.05, 0.1) is 0 Å². The Morgan fingerprint density at radius 3 is 2.64 bits per heavy atom. The summed E-state index contributed by atoms with van der Waals surface area (Å²) in [5.74, 6) is 0.413. The van der Waals surface area contributed by atoms with Crippen molar-refractivity contribution in [3.05, 3.63) is 42.1 Å². The summed E-state index contributed by atoms with van der Waals surface area (Å²) in [4.78, 5) is 0. The maximum atomic E-state index is 13.1. The number of hydrogen-bond acceptors (Lipinski definition) is 0. The van der Waals surface area contributed by atoms with E-state index in [0.29, 0.717) is 5.92 Å². The average molecular weight is 149 g/mol. The predicted octanol–water partition coefficient (Wildman–Crippen LogP) is 2.89. The van der Waals surface area contributed by atoms with Gasteiger partial charge >= 0.3 is 0 Å². The van der Waals surface area contributed by atoms with E-state index in [1.165, 1.54) is 6.07 Å². The molecule has 0 nitrogen and oxygen atoms in total. The maximum Gasteiger partial charge on any atom is 0.126 e. The average Bonchev–Trinajstić information content (AvgIpc) is 2.70. The summed E-state index contributed by atoms with van der Waals surface area (Å²) in [7, 11) is 0. The van der Waals surface area contributed by atoms with E-state index < -0.39 is 0 Å². The van der Waals surface area contributed by atoms with Gasteiger partial charge in [-0.25, -0.2) is 4.39 Å². The molecular formula is C10H10F. The van der Waals surface area contributed by atoms with Crippen molar-refractivity contribution in [1.82, 2.24) is 0 Å². The van der Waals surface area contributed by atoms with Gasteiger partial charge in [-0.05, 0) is 42.9 Å². The van der Waals surface area contributed by atoms with E-state index in [1.54, 1.807) is 0 Å². The van der Waals surface area contributed by atoms with Crippen molar-refractivity contribution in [3.63, 3.8) is 0 Å². The molecule has 1 aliphatic rings. The zero-order valence-corrected chi connectivity index (χ0v) is 6.31. The molecule has 0 amide bonds. The molecule has 0 unspecified atom stereocenters. The lowest BCUT2D eigenvalue weighted by Gasteiger charge is -2.00. The lowest BCUT2D eigenvalue weighted by atomic mass is 10.1. The highest BCUT2D eigenvalue weighted by molar-refractivity contribution is 5.30. The summed E-state index contributed by atoms with van der Waals surface area (Å²) >= 11 is 0. The zero-order chi connectivity index (χ0) is 7.84. The molecule has 2 rings (SSSR count). The minimum Gasteiger partial charge on any atom is -0.207 e. The Hall–Kier alpha value is -0.850. The Morgan fingerprint density at radius 2 is 2.09 bits per heavy atom. The number of benzene rings is 1. The summed E-state index contributed by atoms with van der Waals surface area (Å²) in [5, 5.41) is 0. The van der Waals surface area contributed by atoms with Gasteiger partial charge < -0.3 is 0 Å². The van der Waals surface area contributed by atoms with Gasteiger partial charge in [0.1, 0.15) is 5.82 Å². The fraction of sp³-hybridized carbons (Fsp3) is 0.300. The molecule has 1 radical (unpaired) electrons. The van der Waals surface area contributed by atoms with Crippen LogP contribution in [0.4, 0.5) is 4.39 Å². The van der Waals surface area contributed by atoms with Crippen LogP contribution in [0.25, 0.3) is 0 Å². The van der Waals surface area contributed by atoms with Crippen molar-refractivity contribution in [1.29, 1.82) is 0 Å². The Balaban J connectivity index is 2.39. The van der Waals surface area contributed by atoms with E-state index in [0.717, 1.165) is 24.0 Å². The molecule has 1 heteroatoms. The molecule has 1 aromatic carbocycles. The number of hydrogen-bond donors (Lipinski definition) is 0. The fourth-order valence-electron chi connectivity index (χ4n) is 1.30. The smallest absolute Gasteiger partial charge is 0.126 e. The first-order valence-corrected chi connectivity index (χ1v) is 3.89. The normalized spacial score (nSPS) is 16.9. The summed E-state index contributed by atoms with van der Waals surface area (Å²) in [6.45, 7) is 3.66. The lowest BCUT2D eigenvalue weighted by molar-refractivity contribution is 0.610. The molecule has 0 spiro atoms. The van der Waals surface area contributed by atoms with Crippen LogP contribution in [0.1, 0.15) is 29.9 Å². The van der Waals surface area contributed by atoms with Crippen LogP contribution in [0.3, 0.4) is 0 Å². The molecule has 11 heavy (non-hydrogen) atoms. The zero-order valence-electron chi connectivity index (χ0n) is 6.31. The van der Waals surface area contributed by atoms with Crippen LogP contribution in [-0.2, 0) is 0 Å². The van der Waals surface area contributed by atoms with E-state index in [4.69, 9.17) is 0 Å². The van der Waals surface area contributed by atoms with Crippen LogP contribution in [0.5, 0.6) is 0 Å². The van der Waals surface area contributed by atoms with Gasteiger partial charge in [0.15, 0.2) is 0 Å². The molecule has 0 aromatic heterocycles. The van der Waals surface area contributed by atoms with E-state index in [-0.39, 0.29) is 5.82 Å². The van der Waals surface area contributed by atoms with Crippen LogP contribution < -0.4 is 0 Å². The molecule has 1 aromatic rings. The van der Waals surface area contributed by atoms with Crippen LogP contribution in [-0.4, -0.2) is 0 Å². The summed E-state index contributed by atoms with van der Waals surface area (Å²) in [6.07, 6.45) is 2.29. The van der Waals surface area contributed by atoms with Gasteiger partial charge in [-0.2, -0.15) is 0 Å². The Morgan fingerprint density at radius 1 is 1.36 bits per heavy atom. The molecule has 57 valence electrons. The first kappa shape index (κ1) is 6.84. The van der Waals surface area contributed by atoms with Crippen molar-refractivity contribution in [2.24, 2.45) is 0 Å². The van der Waals surface area contributed by atoms with Crippen molar-refractivity contribution in [2.45, 2.75) is 18.8 Å². The first-order valence-electron chi connectivity index (χ1n) is 3.89. The van der Waals surface area contributed by atoms with Crippen LogP contribution in [0, 0.1) is 12.7 Å². The third kappa shape index (κ3) is 1.28. The predicted molar refractivity (Wildman–Crippen MR) is 42.8 cm³/mol. The largest absolute Gasteiger partial charge is 0.207 e. The maximum absolute atomic E-state index is 13.1. The summed E-state index contributed by atoms with van der Waals surface area (Å²) in [6, 6.07) is 5.24. The number of rotatable bonds is 1. The molecule has 0 heterocycles. The van der Waals surface area contributed by atoms with Crippen molar-refractivity contribution in [3.8, 4) is 0 Å². The standard InChI is InChI=1S/C10H10F/c1-7-2-5-9(8-3-4-8)10(11)6-7/h2,5-6,8H,1,3-4H2. The summed E-state index contributed by atoms with van der Waals surface area (Å²) in [5.41, 5.74) is 1.63. The lowest BCUT2D eigenvalue weighted by Crippen LogP contribution is -1.86. The SMILES string of the molecule is [CH2]c1ccc(C2CC2)c(F)c1. The third-order valence-electron chi connectivity index (χ3n) is 2.08. The second-order valence-corrected chi connectivity index (χ2v) is 3.13. The number of halogens is 1. The van der Waals surface area contributed by atoms with Gasteiger partial charge in [0.25, 0.3) is 0 Å². The van der Waals surface area contributed by atoms with E-state index in [2.05, 4.69) is 6.92 Å². The Labute approximate surface area is 66.1 Å². The van der Waals surface area contributed by atoms with Crippen LogP contribution in [0.15, 0.2) is 18.2 Å². The highest BCUT2D eigenvalue weighted by atomic mass is 19.1. The molecule has 1 fully saturated rings. The Kier molecular flexibility index (Phi) is 1.45. The van der Waals surface area contributed by atoms with Crippen molar-refractivity contribution >= 4 is 0 Å². The summed E-state index contributed by atoms with van der Waals surface area (Å²) < 4.78 is 13.1.